The van der Waals surface area contributed by atoms with Crippen molar-refractivity contribution in [3.63, 3.8) is 0 Å². The van der Waals surface area contributed by atoms with E-state index in [0.717, 1.165) is 39.1 Å². The molecule has 0 bridgehead atoms. The van der Waals surface area contributed by atoms with E-state index in [-0.39, 0.29) is 15.8 Å². The molecule has 15 nitrogen and oxygen atoms in total. The number of phosphoric acid groups is 1. The fraction of sp³-hybridized carbons (Fsp3) is 0.190. The van der Waals surface area contributed by atoms with E-state index in [1.54, 1.807) is 45.3 Å². The molecule has 0 saturated carbocycles. The van der Waals surface area contributed by atoms with Crippen molar-refractivity contribution in [1.29, 1.82) is 0 Å². The van der Waals surface area contributed by atoms with E-state index in [4.69, 9.17) is 41.7 Å². The lowest BCUT2D eigenvalue weighted by atomic mass is 9.92. The topological polar surface area (TPSA) is 200 Å². The fourth-order valence-corrected chi connectivity index (χ4v) is 11.5. The number of halogens is 4. The Morgan fingerprint density at radius 1 is 0.675 bits per heavy atom. The van der Waals surface area contributed by atoms with Crippen molar-refractivity contribution >= 4 is 105 Å². The number of esters is 2. The largest absolute Gasteiger partial charge is 0.584 e. The normalized spacial score (nSPS) is 15.9. The third-order valence-corrected chi connectivity index (χ3v) is 15.3. The van der Waals surface area contributed by atoms with Gasteiger partial charge < -0.3 is 33.9 Å². The maximum atomic E-state index is 13.4. The maximum Gasteiger partial charge on any atom is 0.584 e. The second-order valence-electron chi connectivity index (χ2n) is 18.3. The molecule has 3 N–H and O–H groups in total. The monoisotopic (exact) mass is 1180 g/mol. The third-order valence-electron chi connectivity index (χ3n) is 12.2. The highest BCUT2D eigenvalue weighted by Crippen LogP contribution is 2.56. The number of nitrogens with one attached hydrogen (secondary N) is 2. The fourth-order valence-electron chi connectivity index (χ4n) is 8.91. The first kappa shape index (κ1) is 58.5. The first-order valence-electron chi connectivity index (χ1n) is 24.5. The molecule has 22 heteroatoms. The highest BCUT2D eigenvalue weighted by atomic mass is 35.5. The number of rotatable bonds is 8. The Morgan fingerprint density at radius 3 is 1.43 bits per heavy atom. The van der Waals surface area contributed by atoms with Crippen molar-refractivity contribution in [3.05, 3.63) is 198 Å². The Kier molecular flexibility index (Phi) is 18.8. The number of hydrogen-bond acceptors (Lipinski definition) is 16. The number of nitrogens with zero attached hydrogens (tertiary/aromatic N) is 4. The molecule has 0 spiro atoms. The molecule has 2 atom stereocenters. The van der Waals surface area contributed by atoms with Gasteiger partial charge in [-0.25, -0.2) is 32.9 Å². The number of aliphatic imine (C=N–C) groups is 2. The number of thiazole rings is 2. The van der Waals surface area contributed by atoms with Crippen LogP contribution in [0.5, 0.6) is 11.5 Å². The van der Waals surface area contributed by atoms with Gasteiger partial charge in [0.25, 0.3) is 0 Å². The van der Waals surface area contributed by atoms with Crippen molar-refractivity contribution < 1.29 is 51.1 Å². The number of Topliss-reactive ketones (excluding diaryl/α,β-unsaturated/α-hetero) is 1. The number of aromatic nitrogens is 2. The van der Waals surface area contributed by atoms with Crippen molar-refractivity contribution in [2.24, 2.45) is 15.9 Å². The van der Waals surface area contributed by atoms with Crippen molar-refractivity contribution in [2.45, 2.75) is 53.1 Å². The van der Waals surface area contributed by atoms with Crippen LogP contribution in [0.4, 0.5) is 8.78 Å². The Labute approximate surface area is 477 Å². The minimum atomic E-state index is -4.25. The van der Waals surface area contributed by atoms with E-state index in [1.807, 2.05) is 85.3 Å². The average molecular weight is 1180 g/mol. The number of hydrogen-bond donors (Lipinski definition) is 3. The van der Waals surface area contributed by atoms with Crippen LogP contribution >= 0.6 is 53.7 Å². The molecule has 8 aromatic rings. The standard InChI is InChI=1S/C20H13O4P.2C16H13ClFN3O2S.C6H12O/c21-25(22)23-17-11-9-13-5-1-3-7-15(13)19(17)20-16-8-4-2-6-14(16)10-12-18(20)24-25;2*1-8-12(16(22)23-2)13(10-4-3-9(18)7-11(10)17)21-14(20-8)15-19-5-6-24-15;1-5(2)4-6(3)7/h1-12H,(H,21,22);2*3-7,13H,1-2H3,(H,20,21);5H,4H2,1-3H3/t;13-;;/m.0../s1. The first-order chi connectivity index (χ1) is 38.3. The van der Waals surface area contributed by atoms with Gasteiger partial charge in [0.05, 0.1) is 25.4 Å². The number of benzene rings is 6. The van der Waals surface area contributed by atoms with Crippen molar-refractivity contribution in [1.82, 2.24) is 20.6 Å². The van der Waals surface area contributed by atoms with Crippen LogP contribution in [0.25, 0.3) is 32.7 Å². The molecule has 0 fully saturated rings. The van der Waals surface area contributed by atoms with Gasteiger partial charge in [-0.3, -0.25) is 14.9 Å². The molecular weight excluding hydrogens is 1130 g/mol. The first-order valence-corrected chi connectivity index (χ1v) is 28.5. The van der Waals surface area contributed by atoms with Gasteiger partial charge in [-0.05, 0) is 84.6 Å². The summed E-state index contributed by atoms with van der Waals surface area (Å²) in [5, 5.41) is 15.5. The summed E-state index contributed by atoms with van der Waals surface area (Å²) in [5.41, 5.74) is 4.42. The van der Waals surface area contributed by atoms with Gasteiger partial charge in [0.15, 0.2) is 21.7 Å². The molecule has 2 aromatic heterocycles. The van der Waals surface area contributed by atoms with Gasteiger partial charge in [0, 0.05) is 73.3 Å². The zero-order valence-corrected chi connectivity index (χ0v) is 48.0. The Balaban J connectivity index is 0.000000149. The number of amidine groups is 2. The number of carbonyl (C=O) groups is 3. The van der Waals surface area contributed by atoms with Gasteiger partial charge >= 0.3 is 19.8 Å². The highest BCUT2D eigenvalue weighted by molar-refractivity contribution is 7.48. The highest BCUT2D eigenvalue weighted by Gasteiger charge is 2.36. The van der Waals surface area contributed by atoms with Crippen LogP contribution in [-0.2, 0) is 28.4 Å². The number of methoxy groups -OCH3 is 2. The summed E-state index contributed by atoms with van der Waals surface area (Å²) in [6, 6.07) is 29.6. The average Bonchev–Trinajstić information content (AvgIpc) is 4.16. The SMILES string of the molecule is CC(=O)CC(C)C.COC(=O)C1=C(C)NC(c2nccs2)=NC1c1ccc(F)cc1Cl.COC(=O)C1=C(C)NC(c2nccs2)=N[C@H]1c1ccc(F)cc1Cl.O=P1(O)Oc2ccc3ccccc3c2-c2c(ccc3ccccc23)O1. The zero-order valence-electron chi connectivity index (χ0n) is 43.9. The molecule has 80 heavy (non-hydrogen) atoms. The summed E-state index contributed by atoms with van der Waals surface area (Å²) in [7, 11) is -1.66. The quantitative estimate of drug-likeness (QED) is 0.0960. The van der Waals surface area contributed by atoms with Gasteiger partial charge in [0.2, 0.25) is 0 Å². The lowest BCUT2D eigenvalue weighted by Crippen LogP contribution is -2.32. The smallest absolute Gasteiger partial charge is 0.466 e. The second-order valence-corrected chi connectivity index (χ2v) is 22.3. The second kappa shape index (κ2) is 25.6. The summed E-state index contributed by atoms with van der Waals surface area (Å²) >= 11 is 15.2. The van der Waals surface area contributed by atoms with Crippen LogP contribution in [-0.4, -0.2) is 58.5 Å². The molecule has 0 radical (unpaired) electrons. The molecule has 11 rings (SSSR count). The number of carbonyl (C=O) groups excluding carboxylic acids is 3. The molecule has 3 aliphatic heterocycles. The predicted molar refractivity (Wildman–Crippen MR) is 309 cm³/mol. The van der Waals surface area contributed by atoms with Crippen LogP contribution in [0.15, 0.2) is 165 Å². The van der Waals surface area contributed by atoms with Crippen LogP contribution in [0.3, 0.4) is 0 Å². The Morgan fingerprint density at radius 2 is 1.09 bits per heavy atom. The van der Waals surface area contributed by atoms with E-state index in [2.05, 4.69) is 30.6 Å². The lowest BCUT2D eigenvalue weighted by molar-refractivity contribution is -0.137. The molecule has 6 aromatic carbocycles. The minimum Gasteiger partial charge on any atom is -0.466 e. The van der Waals surface area contributed by atoms with Crippen LogP contribution in [0, 0.1) is 17.6 Å². The van der Waals surface area contributed by atoms with E-state index in [9.17, 15) is 32.6 Å². The van der Waals surface area contributed by atoms with Gasteiger partial charge in [-0.15, -0.1) is 22.7 Å². The number of fused-ring (bicyclic) bond motifs is 7. The molecule has 412 valence electrons. The summed E-state index contributed by atoms with van der Waals surface area (Å²) < 4.78 is 59.6. The van der Waals surface area contributed by atoms with Crippen molar-refractivity contribution in [2.75, 3.05) is 14.2 Å². The predicted octanol–water partition coefficient (Wildman–Crippen LogP) is 14.1. The molecule has 0 saturated heterocycles. The molecular formula is C58H51Cl2F2N6O9PS2. The molecule has 5 heterocycles. The number of ether oxygens (including phenoxy) is 2. The molecule has 3 aliphatic rings. The summed E-state index contributed by atoms with van der Waals surface area (Å²) in [6.07, 6.45) is 4.05. The number of allylic oxidation sites excluding steroid dienone is 2. The van der Waals surface area contributed by atoms with Gasteiger partial charge in [-0.1, -0.05) is 110 Å². The van der Waals surface area contributed by atoms with Gasteiger partial charge in [0.1, 0.15) is 41.0 Å². The van der Waals surface area contributed by atoms with E-state index in [1.165, 1.54) is 73.3 Å². The lowest BCUT2D eigenvalue weighted by Gasteiger charge is -2.25. The van der Waals surface area contributed by atoms with Crippen LogP contribution in [0.2, 0.25) is 10.0 Å². The van der Waals surface area contributed by atoms with Gasteiger partial charge in [-0.2, -0.15) is 0 Å². The van der Waals surface area contributed by atoms with E-state index >= 15 is 0 Å². The Bertz CT molecular complexity index is 3610. The summed E-state index contributed by atoms with van der Waals surface area (Å²) in [6.45, 7) is 9.21. The molecule has 1 unspecified atom stereocenters. The Hall–Kier alpha value is -7.64. The van der Waals surface area contributed by atoms with Crippen LogP contribution in [0.1, 0.15) is 74.3 Å². The van der Waals surface area contributed by atoms with E-state index < -0.39 is 43.5 Å². The number of ketones is 1. The van der Waals surface area contributed by atoms with Crippen LogP contribution < -0.4 is 19.7 Å². The van der Waals surface area contributed by atoms with Crippen molar-refractivity contribution in [3.8, 4) is 22.6 Å². The van der Waals surface area contributed by atoms with E-state index in [0.29, 0.717) is 72.8 Å². The summed E-state index contributed by atoms with van der Waals surface area (Å²) in [5.74, 6) is 0.608. The number of phosphoric ester groups is 1. The zero-order chi connectivity index (χ0) is 57.4. The summed E-state index contributed by atoms with van der Waals surface area (Å²) in [4.78, 5) is 62.4. The maximum absolute atomic E-state index is 13.4. The third kappa shape index (κ3) is 13.5. The molecule has 0 amide bonds. The minimum absolute atomic E-state index is 0.193. The molecule has 0 aliphatic carbocycles.